The number of aliphatic imine (C=N–C) groups is 1. The van der Waals surface area contributed by atoms with Crippen LogP contribution in [-0.4, -0.2) is 82.6 Å². The minimum Gasteiger partial charge on any atom is -0.508 e. The normalized spacial score (nSPS) is 14.6. The molecule has 224 valence electrons. The molecule has 0 spiro atoms. The number of nitrogens with two attached hydrogens (primary N) is 3. The highest BCUT2D eigenvalue weighted by molar-refractivity contribution is 7.98. The van der Waals surface area contributed by atoms with Crippen molar-refractivity contribution in [3.63, 3.8) is 0 Å². The van der Waals surface area contributed by atoms with Crippen LogP contribution in [-0.2, 0) is 25.6 Å². The number of aliphatic carboxylic acids is 1. The number of hydrogen-bond donors (Lipinski definition) is 8. The van der Waals surface area contributed by atoms with Crippen LogP contribution in [0.2, 0.25) is 0 Å². The molecule has 0 aliphatic carbocycles. The topological polar surface area (TPSA) is 235 Å². The number of carbonyl (C=O) groups excluding carboxylic acids is 3. The average Bonchev–Trinajstić information content (AvgIpc) is 2.91. The van der Waals surface area contributed by atoms with Gasteiger partial charge in [0.1, 0.15) is 23.9 Å². The molecule has 3 amide bonds. The first kappa shape index (κ1) is 34.5. The summed E-state index contributed by atoms with van der Waals surface area (Å²) in [5, 5.41) is 27.0. The van der Waals surface area contributed by atoms with Gasteiger partial charge < -0.3 is 43.4 Å². The number of nitrogens with one attached hydrogen (secondary N) is 3. The third-order valence-corrected chi connectivity index (χ3v) is 7.02. The number of carbonyl (C=O) groups is 4. The maximum absolute atomic E-state index is 13.5. The molecule has 0 aliphatic heterocycles. The summed E-state index contributed by atoms with van der Waals surface area (Å²) in [6, 6.07) is 1.91. The van der Waals surface area contributed by atoms with Crippen molar-refractivity contribution in [2.45, 2.75) is 70.1 Å². The van der Waals surface area contributed by atoms with Crippen molar-refractivity contribution < 1.29 is 29.4 Å². The van der Waals surface area contributed by atoms with Crippen LogP contribution in [0, 0.1) is 5.92 Å². The van der Waals surface area contributed by atoms with Gasteiger partial charge in [0.25, 0.3) is 0 Å². The first-order chi connectivity index (χ1) is 18.9. The van der Waals surface area contributed by atoms with E-state index in [2.05, 4.69) is 20.9 Å². The van der Waals surface area contributed by atoms with Gasteiger partial charge in [-0.2, -0.15) is 11.8 Å². The third-order valence-electron chi connectivity index (χ3n) is 6.37. The van der Waals surface area contributed by atoms with Crippen LogP contribution in [0.3, 0.4) is 0 Å². The zero-order valence-corrected chi connectivity index (χ0v) is 24.1. The number of amides is 3. The van der Waals surface area contributed by atoms with Crippen LogP contribution < -0.4 is 33.2 Å². The van der Waals surface area contributed by atoms with Crippen LogP contribution in [0.25, 0.3) is 0 Å². The average molecular weight is 582 g/mol. The number of hydrogen-bond acceptors (Lipinski definition) is 8. The number of phenols is 1. The molecule has 1 aromatic rings. The second-order valence-corrected chi connectivity index (χ2v) is 10.5. The van der Waals surface area contributed by atoms with E-state index in [0.29, 0.717) is 24.2 Å². The van der Waals surface area contributed by atoms with Gasteiger partial charge in [0.15, 0.2) is 5.96 Å². The van der Waals surface area contributed by atoms with E-state index in [1.807, 2.05) is 20.1 Å². The molecule has 0 aromatic heterocycles. The zero-order valence-electron chi connectivity index (χ0n) is 23.3. The molecule has 0 heterocycles. The lowest BCUT2D eigenvalue weighted by molar-refractivity contribution is -0.142. The summed E-state index contributed by atoms with van der Waals surface area (Å²) in [5.41, 5.74) is 17.5. The van der Waals surface area contributed by atoms with Crippen molar-refractivity contribution in [2.24, 2.45) is 28.1 Å². The Hall–Kier alpha value is -3.52. The van der Waals surface area contributed by atoms with Crippen molar-refractivity contribution in [3.8, 4) is 5.75 Å². The molecule has 13 nitrogen and oxygen atoms in total. The van der Waals surface area contributed by atoms with Crippen molar-refractivity contribution in [3.05, 3.63) is 29.8 Å². The van der Waals surface area contributed by atoms with Crippen LogP contribution in [0.5, 0.6) is 5.75 Å². The minimum absolute atomic E-state index is 0.0412. The second-order valence-electron chi connectivity index (χ2n) is 9.53. The van der Waals surface area contributed by atoms with Crippen molar-refractivity contribution in [2.75, 3.05) is 18.6 Å². The number of nitrogens with zero attached hydrogens (tertiary/aromatic N) is 1. The first-order valence-corrected chi connectivity index (χ1v) is 14.5. The van der Waals surface area contributed by atoms with E-state index >= 15 is 0 Å². The maximum Gasteiger partial charge on any atom is 0.326 e. The SMILES string of the molecule is CCC(C)C(N)C(=O)NC(Cc1ccc(O)cc1)C(=O)NC(CCCN=C(N)N)C(=O)NC(CCSC)C(=O)O. The lowest BCUT2D eigenvalue weighted by Gasteiger charge is -2.26. The summed E-state index contributed by atoms with van der Waals surface area (Å²) in [7, 11) is 0. The summed E-state index contributed by atoms with van der Waals surface area (Å²) in [6.07, 6.45) is 3.15. The molecule has 0 fully saturated rings. The molecule has 11 N–H and O–H groups in total. The van der Waals surface area contributed by atoms with Gasteiger partial charge in [-0.05, 0) is 54.9 Å². The third kappa shape index (κ3) is 12.6. The highest BCUT2D eigenvalue weighted by Gasteiger charge is 2.31. The second kappa shape index (κ2) is 17.9. The summed E-state index contributed by atoms with van der Waals surface area (Å²) in [6.45, 7) is 3.91. The van der Waals surface area contributed by atoms with Gasteiger partial charge in [0.2, 0.25) is 17.7 Å². The van der Waals surface area contributed by atoms with E-state index in [1.54, 1.807) is 12.1 Å². The quantitative estimate of drug-likeness (QED) is 0.0637. The molecule has 0 saturated heterocycles. The molecule has 0 aliphatic rings. The van der Waals surface area contributed by atoms with Crippen molar-refractivity contribution in [1.29, 1.82) is 0 Å². The fourth-order valence-corrected chi connectivity index (χ4v) is 4.14. The van der Waals surface area contributed by atoms with Crippen molar-refractivity contribution >= 4 is 41.4 Å². The molecule has 5 atom stereocenters. The lowest BCUT2D eigenvalue weighted by Crippen LogP contribution is -2.58. The highest BCUT2D eigenvalue weighted by Crippen LogP contribution is 2.13. The number of benzene rings is 1. The standard InChI is InChI=1S/C26H43N7O6S/c1-4-15(2)21(27)24(37)33-20(14-16-7-9-17(34)10-8-16)23(36)31-18(6-5-12-30-26(28)29)22(35)32-19(25(38)39)11-13-40-3/h7-10,15,18-21,34H,4-6,11-14,27H2,1-3H3,(H,31,36)(H,32,35)(H,33,37)(H,38,39)(H4,28,29,30). The van der Waals surface area contributed by atoms with Crippen LogP contribution in [0.4, 0.5) is 0 Å². The zero-order chi connectivity index (χ0) is 30.2. The van der Waals surface area contributed by atoms with E-state index < -0.39 is 47.9 Å². The maximum atomic E-state index is 13.5. The Bertz CT molecular complexity index is 1000. The number of aromatic hydroxyl groups is 1. The fraction of sp³-hybridized carbons (Fsp3) is 0.577. The van der Waals surface area contributed by atoms with Gasteiger partial charge in [0.05, 0.1) is 6.04 Å². The first-order valence-electron chi connectivity index (χ1n) is 13.1. The van der Waals surface area contributed by atoms with Crippen LogP contribution >= 0.6 is 11.8 Å². The number of carboxylic acids is 1. The van der Waals surface area contributed by atoms with E-state index in [1.165, 1.54) is 23.9 Å². The van der Waals surface area contributed by atoms with E-state index in [0.717, 1.165) is 0 Å². The highest BCUT2D eigenvalue weighted by atomic mass is 32.2. The van der Waals surface area contributed by atoms with Gasteiger partial charge >= 0.3 is 5.97 Å². The lowest BCUT2D eigenvalue weighted by atomic mass is 9.98. The van der Waals surface area contributed by atoms with E-state index in [9.17, 15) is 29.4 Å². The summed E-state index contributed by atoms with van der Waals surface area (Å²) >= 11 is 1.44. The molecule has 14 heteroatoms. The Balaban J connectivity index is 3.19. The molecule has 40 heavy (non-hydrogen) atoms. The Morgan fingerprint density at radius 1 is 0.950 bits per heavy atom. The Labute approximate surface area is 239 Å². The molecular weight excluding hydrogens is 538 g/mol. The molecule has 0 radical (unpaired) electrons. The predicted molar refractivity (Wildman–Crippen MR) is 156 cm³/mol. The monoisotopic (exact) mass is 581 g/mol. The fourth-order valence-electron chi connectivity index (χ4n) is 3.67. The van der Waals surface area contributed by atoms with Crippen LogP contribution in [0.15, 0.2) is 29.3 Å². The van der Waals surface area contributed by atoms with Crippen LogP contribution in [0.1, 0.15) is 45.1 Å². The summed E-state index contributed by atoms with van der Waals surface area (Å²) < 4.78 is 0. The smallest absolute Gasteiger partial charge is 0.326 e. The number of carboxylic acid groups (broad SMARTS) is 1. The molecule has 0 saturated carbocycles. The largest absolute Gasteiger partial charge is 0.508 e. The Morgan fingerprint density at radius 3 is 2.08 bits per heavy atom. The van der Waals surface area contributed by atoms with Gasteiger partial charge in [-0.3, -0.25) is 19.4 Å². The molecule has 5 unspecified atom stereocenters. The van der Waals surface area contributed by atoms with Gasteiger partial charge in [-0.25, -0.2) is 4.79 Å². The van der Waals surface area contributed by atoms with E-state index in [-0.39, 0.29) is 43.4 Å². The number of guanidine groups is 1. The van der Waals surface area contributed by atoms with Crippen molar-refractivity contribution in [1.82, 2.24) is 16.0 Å². The number of thioether (sulfide) groups is 1. The molecule has 0 bridgehead atoms. The Kier molecular flexibility index (Phi) is 15.5. The van der Waals surface area contributed by atoms with E-state index in [4.69, 9.17) is 17.2 Å². The predicted octanol–water partition coefficient (Wildman–Crippen LogP) is -0.346. The summed E-state index contributed by atoms with van der Waals surface area (Å²) in [4.78, 5) is 55.1. The Morgan fingerprint density at radius 2 is 1.52 bits per heavy atom. The van der Waals surface area contributed by atoms with Gasteiger partial charge in [-0.15, -0.1) is 0 Å². The number of phenolic OH excluding ortho intramolecular Hbond substituents is 1. The molecular formula is C26H43N7O6S. The minimum atomic E-state index is -1.19. The van der Waals surface area contributed by atoms with Gasteiger partial charge in [0, 0.05) is 13.0 Å². The molecule has 1 rings (SSSR count). The van der Waals surface area contributed by atoms with Gasteiger partial charge in [-0.1, -0.05) is 32.4 Å². The number of rotatable bonds is 18. The molecule has 1 aromatic carbocycles. The summed E-state index contributed by atoms with van der Waals surface area (Å²) in [5.74, 6) is -2.76.